The predicted molar refractivity (Wildman–Crippen MR) is 35.2 cm³/mol. The van der Waals surface area contributed by atoms with E-state index in [9.17, 15) is 22.0 Å². The zero-order chi connectivity index (χ0) is 10.9. The average Bonchev–Trinajstić information content (AvgIpc) is 2.04. The van der Waals surface area contributed by atoms with E-state index in [1.54, 1.807) is 0 Å². The van der Waals surface area contributed by atoms with Crippen LogP contribution in [-0.4, -0.2) is 11.3 Å². The minimum Gasteiger partial charge on any atom is -0.399 e. The normalized spacial score (nSPS) is 11.5. The SMILES string of the molecule is Nc1ncc(F)c(OC(F)(F)F)c1F. The van der Waals surface area contributed by atoms with E-state index in [2.05, 4.69) is 9.72 Å². The van der Waals surface area contributed by atoms with E-state index < -0.39 is 29.6 Å². The average molecular weight is 214 g/mol. The van der Waals surface area contributed by atoms with Crippen LogP contribution in [-0.2, 0) is 0 Å². The molecule has 1 rings (SSSR count). The lowest BCUT2D eigenvalue weighted by Gasteiger charge is -2.10. The van der Waals surface area contributed by atoms with Gasteiger partial charge >= 0.3 is 6.36 Å². The van der Waals surface area contributed by atoms with Gasteiger partial charge in [-0.2, -0.15) is 4.39 Å². The molecule has 1 heterocycles. The molecule has 0 aliphatic heterocycles. The number of pyridine rings is 1. The van der Waals surface area contributed by atoms with Gasteiger partial charge in [0.1, 0.15) is 0 Å². The van der Waals surface area contributed by atoms with E-state index >= 15 is 0 Å². The van der Waals surface area contributed by atoms with Crippen LogP contribution in [0.5, 0.6) is 5.75 Å². The maximum absolute atomic E-state index is 12.7. The summed E-state index contributed by atoms with van der Waals surface area (Å²) in [6.45, 7) is 0. The lowest BCUT2D eigenvalue weighted by molar-refractivity contribution is -0.276. The minimum absolute atomic E-state index is 0.333. The lowest BCUT2D eigenvalue weighted by Crippen LogP contribution is -2.19. The lowest BCUT2D eigenvalue weighted by atomic mass is 10.4. The topological polar surface area (TPSA) is 48.1 Å². The van der Waals surface area contributed by atoms with E-state index in [1.807, 2.05) is 0 Å². The summed E-state index contributed by atoms with van der Waals surface area (Å²) in [6, 6.07) is 0. The van der Waals surface area contributed by atoms with Gasteiger partial charge in [0.2, 0.25) is 11.6 Å². The second-order valence-electron chi connectivity index (χ2n) is 2.18. The number of anilines is 1. The highest BCUT2D eigenvalue weighted by Gasteiger charge is 2.34. The maximum atomic E-state index is 12.7. The quantitative estimate of drug-likeness (QED) is 0.725. The fourth-order valence-corrected chi connectivity index (χ4v) is 0.672. The molecule has 0 unspecified atom stereocenters. The molecule has 78 valence electrons. The van der Waals surface area contributed by atoms with Crippen LogP contribution >= 0.6 is 0 Å². The number of hydrogen-bond acceptors (Lipinski definition) is 3. The van der Waals surface area contributed by atoms with Crippen molar-refractivity contribution in [2.45, 2.75) is 6.36 Å². The summed E-state index contributed by atoms with van der Waals surface area (Å²) in [5, 5.41) is 0. The Morgan fingerprint density at radius 1 is 1.29 bits per heavy atom. The van der Waals surface area contributed by atoms with Crippen LogP contribution in [0.1, 0.15) is 0 Å². The molecule has 0 aliphatic rings. The van der Waals surface area contributed by atoms with Gasteiger partial charge in [-0.05, 0) is 0 Å². The third-order valence-corrected chi connectivity index (χ3v) is 1.18. The first-order valence-corrected chi connectivity index (χ1v) is 3.16. The molecule has 14 heavy (non-hydrogen) atoms. The van der Waals surface area contributed by atoms with Crippen molar-refractivity contribution < 1.29 is 26.7 Å². The summed E-state index contributed by atoms with van der Waals surface area (Å²) in [4.78, 5) is 2.95. The molecular formula is C6H3F5N2O. The molecule has 0 saturated carbocycles. The third kappa shape index (κ3) is 2.21. The number of halogens is 5. The van der Waals surface area contributed by atoms with E-state index in [4.69, 9.17) is 5.73 Å². The van der Waals surface area contributed by atoms with Crippen molar-refractivity contribution in [3.63, 3.8) is 0 Å². The van der Waals surface area contributed by atoms with Crippen LogP contribution < -0.4 is 10.5 Å². The minimum atomic E-state index is -5.19. The predicted octanol–water partition coefficient (Wildman–Crippen LogP) is 1.84. The first-order valence-electron chi connectivity index (χ1n) is 3.16. The molecule has 3 nitrogen and oxygen atoms in total. The number of ether oxygens (including phenoxy) is 1. The summed E-state index contributed by atoms with van der Waals surface area (Å²) >= 11 is 0. The van der Waals surface area contributed by atoms with Crippen molar-refractivity contribution in [3.8, 4) is 5.75 Å². The molecule has 0 amide bonds. The molecule has 0 atom stereocenters. The largest absolute Gasteiger partial charge is 0.573 e. The van der Waals surface area contributed by atoms with Gasteiger partial charge in [-0.3, -0.25) is 0 Å². The van der Waals surface area contributed by atoms with Crippen LogP contribution in [0, 0.1) is 11.6 Å². The van der Waals surface area contributed by atoms with Crippen LogP contribution in [0.3, 0.4) is 0 Å². The molecule has 1 aromatic heterocycles. The van der Waals surface area contributed by atoms with E-state index in [1.165, 1.54) is 0 Å². The summed E-state index contributed by atoms with van der Waals surface area (Å²) < 4.78 is 63.2. The number of hydrogen-bond donors (Lipinski definition) is 1. The van der Waals surface area contributed by atoms with E-state index in [0.29, 0.717) is 6.20 Å². The monoisotopic (exact) mass is 214 g/mol. The number of aromatic nitrogens is 1. The summed E-state index contributed by atoms with van der Waals surface area (Å²) in [6.07, 6.45) is -4.85. The number of nitrogens with two attached hydrogens (primary N) is 1. The summed E-state index contributed by atoms with van der Waals surface area (Å²) in [5.41, 5.74) is 4.81. The Bertz CT molecular complexity index is 351. The Hall–Kier alpha value is -1.60. The molecule has 8 heteroatoms. The zero-order valence-electron chi connectivity index (χ0n) is 6.40. The van der Waals surface area contributed by atoms with Gasteiger partial charge in [-0.15, -0.1) is 13.2 Å². The van der Waals surface area contributed by atoms with Crippen molar-refractivity contribution in [1.82, 2.24) is 4.98 Å². The second-order valence-corrected chi connectivity index (χ2v) is 2.18. The Morgan fingerprint density at radius 3 is 2.36 bits per heavy atom. The molecule has 2 N–H and O–H groups in total. The maximum Gasteiger partial charge on any atom is 0.573 e. The first-order chi connectivity index (χ1) is 6.31. The highest BCUT2D eigenvalue weighted by molar-refractivity contribution is 5.39. The molecule has 0 bridgehead atoms. The number of nitrogens with zero attached hydrogens (tertiary/aromatic N) is 1. The van der Waals surface area contributed by atoms with E-state index in [-0.39, 0.29) is 0 Å². The van der Waals surface area contributed by atoms with Crippen molar-refractivity contribution in [1.29, 1.82) is 0 Å². The van der Waals surface area contributed by atoms with Crippen LogP contribution in [0.15, 0.2) is 6.20 Å². The van der Waals surface area contributed by atoms with Crippen molar-refractivity contribution in [2.75, 3.05) is 5.73 Å². The van der Waals surface area contributed by atoms with Crippen molar-refractivity contribution in [3.05, 3.63) is 17.8 Å². The van der Waals surface area contributed by atoms with Gasteiger partial charge < -0.3 is 10.5 Å². The highest BCUT2D eigenvalue weighted by Crippen LogP contribution is 2.29. The number of rotatable bonds is 1. The van der Waals surface area contributed by atoms with Gasteiger partial charge in [0, 0.05) is 0 Å². The van der Waals surface area contributed by atoms with Crippen molar-refractivity contribution in [2.24, 2.45) is 0 Å². The number of nitrogen functional groups attached to an aromatic ring is 1. The number of alkyl halides is 3. The molecule has 0 fully saturated rings. The Balaban J connectivity index is 3.13. The molecule has 0 spiro atoms. The fraction of sp³-hybridized carbons (Fsp3) is 0.167. The van der Waals surface area contributed by atoms with E-state index in [0.717, 1.165) is 0 Å². The molecule has 0 radical (unpaired) electrons. The third-order valence-electron chi connectivity index (χ3n) is 1.18. The van der Waals surface area contributed by atoms with Gasteiger partial charge in [0.15, 0.2) is 11.6 Å². The van der Waals surface area contributed by atoms with Gasteiger partial charge in [-0.1, -0.05) is 0 Å². The van der Waals surface area contributed by atoms with Gasteiger partial charge in [0.05, 0.1) is 6.20 Å². The summed E-state index contributed by atoms with van der Waals surface area (Å²) in [5.74, 6) is -5.73. The first kappa shape index (κ1) is 10.5. The Morgan fingerprint density at radius 2 is 1.86 bits per heavy atom. The van der Waals surface area contributed by atoms with Crippen LogP contribution in [0.25, 0.3) is 0 Å². The van der Waals surface area contributed by atoms with Gasteiger partial charge in [-0.25, -0.2) is 9.37 Å². The van der Waals surface area contributed by atoms with Gasteiger partial charge in [0.25, 0.3) is 0 Å². The summed E-state index contributed by atoms with van der Waals surface area (Å²) in [7, 11) is 0. The van der Waals surface area contributed by atoms with Crippen LogP contribution in [0.4, 0.5) is 27.8 Å². The smallest absolute Gasteiger partial charge is 0.399 e. The van der Waals surface area contributed by atoms with Crippen LogP contribution in [0.2, 0.25) is 0 Å². The molecule has 0 saturated heterocycles. The zero-order valence-corrected chi connectivity index (χ0v) is 6.40. The standard InChI is InChI=1S/C6H3F5N2O/c7-2-1-13-5(12)3(8)4(2)14-6(9,10)11/h1H,(H2,12,13). The molecule has 0 aliphatic carbocycles. The Kier molecular flexibility index (Phi) is 2.45. The van der Waals surface area contributed by atoms with Crippen molar-refractivity contribution >= 4 is 5.82 Å². The second kappa shape index (κ2) is 3.28. The Labute approximate surface area is 74.3 Å². The highest BCUT2D eigenvalue weighted by atomic mass is 19.4. The molecule has 0 aromatic carbocycles. The molecule has 1 aromatic rings. The molecular weight excluding hydrogens is 211 g/mol. The fourth-order valence-electron chi connectivity index (χ4n) is 0.672.